The van der Waals surface area contributed by atoms with Crippen molar-refractivity contribution in [1.82, 2.24) is 0 Å². The molecule has 0 aromatic carbocycles. The van der Waals surface area contributed by atoms with E-state index < -0.39 is 0 Å². The lowest BCUT2D eigenvalue weighted by Crippen LogP contribution is -1.97. The molecule has 0 bridgehead atoms. The van der Waals surface area contributed by atoms with Crippen LogP contribution in [0.15, 0.2) is 28.5 Å². The van der Waals surface area contributed by atoms with Gasteiger partial charge in [-0.25, -0.2) is 0 Å². The van der Waals surface area contributed by atoms with Crippen molar-refractivity contribution in [2.24, 2.45) is 0 Å². The summed E-state index contributed by atoms with van der Waals surface area (Å²) in [5.41, 5.74) is 0. The Morgan fingerprint density at radius 1 is 1.55 bits per heavy atom. The molecule has 0 fully saturated rings. The maximum absolute atomic E-state index is 2.37. The van der Waals surface area contributed by atoms with Crippen LogP contribution in [0, 0.1) is 0 Å². The first-order valence-electron chi connectivity index (χ1n) is 3.81. The van der Waals surface area contributed by atoms with Crippen LogP contribution in [0.2, 0.25) is 0 Å². The number of thioether (sulfide) groups is 1. The van der Waals surface area contributed by atoms with E-state index in [9.17, 15) is 0 Å². The Morgan fingerprint density at radius 2 is 2.36 bits per heavy atom. The Morgan fingerprint density at radius 3 is 2.91 bits per heavy atom. The lowest BCUT2D eigenvalue weighted by atomic mass is 10.2. The van der Waals surface area contributed by atoms with Gasteiger partial charge >= 0.3 is 0 Å². The van der Waals surface area contributed by atoms with Gasteiger partial charge in [0.1, 0.15) is 0 Å². The maximum atomic E-state index is 2.37. The molecular formula is C9H10S2. The summed E-state index contributed by atoms with van der Waals surface area (Å²) in [5, 5.41) is 2.82. The van der Waals surface area contributed by atoms with Gasteiger partial charge in [-0.2, -0.15) is 0 Å². The molecule has 2 rings (SSSR count). The summed E-state index contributed by atoms with van der Waals surface area (Å²) in [4.78, 5) is 3.04. The van der Waals surface area contributed by atoms with Gasteiger partial charge < -0.3 is 0 Å². The van der Waals surface area contributed by atoms with E-state index in [1.165, 1.54) is 11.3 Å². The highest BCUT2D eigenvalue weighted by Gasteiger charge is 2.20. The number of rotatable bonds is 2. The third-order valence-corrected chi connectivity index (χ3v) is 4.26. The molecule has 1 aromatic rings. The van der Waals surface area contributed by atoms with Gasteiger partial charge in [-0.05, 0) is 22.8 Å². The highest BCUT2D eigenvalue weighted by atomic mass is 32.2. The van der Waals surface area contributed by atoms with Crippen molar-refractivity contribution in [3.8, 4) is 0 Å². The van der Waals surface area contributed by atoms with E-state index in [2.05, 4.69) is 30.5 Å². The molecule has 1 atom stereocenters. The number of thiophene rings is 1. The molecule has 0 nitrogen and oxygen atoms in total. The first-order chi connectivity index (χ1) is 5.40. The van der Waals surface area contributed by atoms with Crippen molar-refractivity contribution >= 4 is 23.1 Å². The quantitative estimate of drug-likeness (QED) is 0.670. The first-order valence-corrected chi connectivity index (χ1v) is 5.57. The zero-order valence-corrected chi connectivity index (χ0v) is 8.04. The van der Waals surface area contributed by atoms with Crippen molar-refractivity contribution in [2.75, 3.05) is 0 Å². The van der Waals surface area contributed by atoms with Gasteiger partial charge in [-0.15, -0.1) is 23.1 Å². The van der Waals surface area contributed by atoms with Gasteiger partial charge in [0.05, 0.1) is 5.25 Å². The SMILES string of the molecule is CCC1=CC(c2cccs2)S1. The van der Waals surface area contributed by atoms with Crippen LogP contribution in [-0.2, 0) is 0 Å². The number of allylic oxidation sites excluding steroid dienone is 1. The highest BCUT2D eigenvalue weighted by molar-refractivity contribution is 8.04. The van der Waals surface area contributed by atoms with Crippen LogP contribution in [0.25, 0.3) is 0 Å². The lowest BCUT2D eigenvalue weighted by molar-refractivity contribution is 1.12. The molecule has 1 aliphatic rings. The fraction of sp³-hybridized carbons (Fsp3) is 0.333. The van der Waals surface area contributed by atoms with Crippen molar-refractivity contribution < 1.29 is 0 Å². The summed E-state index contributed by atoms with van der Waals surface area (Å²) in [6, 6.07) is 4.34. The summed E-state index contributed by atoms with van der Waals surface area (Å²) < 4.78 is 0. The normalized spacial score (nSPS) is 22.6. The van der Waals surface area contributed by atoms with Crippen molar-refractivity contribution in [2.45, 2.75) is 18.6 Å². The Hall–Kier alpha value is -0.210. The number of hydrogen-bond acceptors (Lipinski definition) is 2. The fourth-order valence-corrected chi connectivity index (χ4v) is 3.02. The van der Waals surface area contributed by atoms with E-state index in [0.29, 0.717) is 5.25 Å². The predicted molar refractivity (Wildman–Crippen MR) is 53.0 cm³/mol. The zero-order chi connectivity index (χ0) is 7.68. The topological polar surface area (TPSA) is 0 Å². The largest absolute Gasteiger partial charge is 0.147 e. The zero-order valence-electron chi connectivity index (χ0n) is 6.41. The summed E-state index contributed by atoms with van der Waals surface area (Å²) >= 11 is 3.86. The van der Waals surface area contributed by atoms with Gasteiger partial charge in [-0.1, -0.05) is 19.1 Å². The molecule has 0 N–H and O–H groups in total. The monoisotopic (exact) mass is 182 g/mol. The van der Waals surface area contributed by atoms with Gasteiger partial charge in [-0.3, -0.25) is 0 Å². The van der Waals surface area contributed by atoms with Gasteiger partial charge in [0, 0.05) is 4.88 Å². The van der Waals surface area contributed by atoms with Crippen LogP contribution in [0.4, 0.5) is 0 Å². The minimum atomic E-state index is 0.671. The van der Waals surface area contributed by atoms with E-state index in [4.69, 9.17) is 0 Å². The van der Waals surface area contributed by atoms with Crippen LogP contribution in [0.5, 0.6) is 0 Å². The fourth-order valence-electron chi connectivity index (χ4n) is 1.13. The summed E-state index contributed by atoms with van der Waals surface area (Å²) in [6.45, 7) is 2.21. The third kappa shape index (κ3) is 1.37. The predicted octanol–water partition coefficient (Wildman–Crippen LogP) is 3.83. The molecule has 0 saturated carbocycles. The van der Waals surface area contributed by atoms with Crippen LogP contribution in [0.3, 0.4) is 0 Å². The third-order valence-electron chi connectivity index (χ3n) is 1.79. The lowest BCUT2D eigenvalue weighted by Gasteiger charge is -2.22. The first kappa shape index (κ1) is 7.44. The molecule has 0 aliphatic carbocycles. The van der Waals surface area contributed by atoms with Gasteiger partial charge in [0.25, 0.3) is 0 Å². The average Bonchev–Trinajstić information content (AvgIpc) is 2.37. The van der Waals surface area contributed by atoms with E-state index >= 15 is 0 Å². The molecule has 2 heteroatoms. The summed E-state index contributed by atoms with van der Waals surface area (Å²) in [6.07, 6.45) is 3.57. The average molecular weight is 182 g/mol. The second kappa shape index (κ2) is 3.03. The van der Waals surface area contributed by atoms with E-state index in [0.717, 1.165) is 0 Å². The molecule has 11 heavy (non-hydrogen) atoms. The van der Waals surface area contributed by atoms with Crippen molar-refractivity contribution in [3.63, 3.8) is 0 Å². The Balaban J connectivity index is 2.08. The Labute approximate surface area is 75.3 Å². The molecule has 58 valence electrons. The molecule has 0 radical (unpaired) electrons. The van der Waals surface area contributed by atoms with Gasteiger partial charge in [0.2, 0.25) is 0 Å². The second-order valence-corrected chi connectivity index (χ2v) is 4.79. The summed E-state index contributed by atoms with van der Waals surface area (Å²) in [7, 11) is 0. The molecule has 0 amide bonds. The summed E-state index contributed by atoms with van der Waals surface area (Å²) in [5.74, 6) is 0. The minimum Gasteiger partial charge on any atom is -0.147 e. The minimum absolute atomic E-state index is 0.671. The second-order valence-electron chi connectivity index (χ2n) is 2.54. The Kier molecular flexibility index (Phi) is 2.05. The molecule has 1 aromatic heterocycles. The molecule has 1 aliphatic heterocycles. The molecule has 0 spiro atoms. The van der Waals surface area contributed by atoms with E-state index in [-0.39, 0.29) is 0 Å². The molecular weight excluding hydrogens is 172 g/mol. The molecule has 2 heterocycles. The smallest absolute Gasteiger partial charge is 0.0625 e. The van der Waals surface area contributed by atoms with Crippen molar-refractivity contribution in [1.29, 1.82) is 0 Å². The molecule has 1 unspecified atom stereocenters. The Bertz CT molecular complexity index is 259. The van der Waals surface area contributed by atoms with E-state index in [1.807, 2.05) is 23.1 Å². The number of hydrogen-bond donors (Lipinski definition) is 0. The maximum Gasteiger partial charge on any atom is 0.0625 e. The standard InChI is InChI=1S/C9H10S2/c1-2-7-6-9(11-7)8-4-3-5-10-8/h3-6,9H,2H2,1H3. The van der Waals surface area contributed by atoms with E-state index in [1.54, 1.807) is 4.91 Å². The van der Waals surface area contributed by atoms with Crippen LogP contribution in [-0.4, -0.2) is 0 Å². The molecule has 0 saturated heterocycles. The van der Waals surface area contributed by atoms with Gasteiger partial charge in [0.15, 0.2) is 0 Å². The van der Waals surface area contributed by atoms with Crippen LogP contribution >= 0.6 is 23.1 Å². The van der Waals surface area contributed by atoms with Crippen LogP contribution in [0.1, 0.15) is 23.5 Å². The van der Waals surface area contributed by atoms with Crippen molar-refractivity contribution in [3.05, 3.63) is 33.4 Å². The highest BCUT2D eigenvalue weighted by Crippen LogP contribution is 2.48. The van der Waals surface area contributed by atoms with Crippen LogP contribution < -0.4 is 0 Å².